The van der Waals surface area contributed by atoms with Gasteiger partial charge in [0, 0.05) is 23.5 Å². The number of pyridine rings is 1. The average Bonchev–Trinajstić information content (AvgIpc) is 2.69. The summed E-state index contributed by atoms with van der Waals surface area (Å²) in [6.45, 7) is 1.40. The molecule has 3 rings (SSSR count). The van der Waals surface area contributed by atoms with Gasteiger partial charge in [-0.3, -0.25) is 4.79 Å². The summed E-state index contributed by atoms with van der Waals surface area (Å²) in [5.74, 6) is 1.50. The fraction of sp³-hybridized carbons (Fsp3) is 0.286. The van der Waals surface area contributed by atoms with Gasteiger partial charge in [-0.05, 0) is 54.9 Å². The van der Waals surface area contributed by atoms with E-state index in [-0.39, 0.29) is 24.6 Å². The second kappa shape index (κ2) is 10.7. The molecule has 0 saturated carbocycles. The monoisotopic (exact) mass is 404 g/mol. The van der Waals surface area contributed by atoms with E-state index < -0.39 is 6.10 Å². The maximum atomic E-state index is 11.3. The van der Waals surface area contributed by atoms with Crippen LogP contribution in [0.15, 0.2) is 59.4 Å². The average molecular weight is 405 g/mol. The summed E-state index contributed by atoms with van der Waals surface area (Å²) in [6, 6.07) is 16.6. The zero-order valence-corrected chi connectivity index (χ0v) is 16.5. The molecule has 7 heteroatoms. The van der Waals surface area contributed by atoms with Crippen LogP contribution in [0.2, 0.25) is 0 Å². The highest BCUT2D eigenvalue weighted by molar-refractivity contribution is 5.85. The van der Waals surface area contributed by atoms with Gasteiger partial charge in [-0.2, -0.15) is 0 Å². The zero-order chi connectivity index (χ0) is 19.1. The quantitative estimate of drug-likeness (QED) is 0.477. The standard InChI is InChI=1S/C21H24N2O4.ClH/c1-26-18-4-2-3-15(11-18)9-10-22-13-17(24)14-27-19-6-7-20-16(12-19)5-8-21(25)23-20;/h2-8,11-12,17,22,24H,9-10,13-14H2,1H3,(H,23,25);1H. The number of halogens is 1. The molecule has 1 unspecified atom stereocenters. The van der Waals surface area contributed by atoms with E-state index in [0.29, 0.717) is 12.3 Å². The molecule has 0 radical (unpaired) electrons. The molecule has 1 aromatic heterocycles. The molecule has 0 aliphatic carbocycles. The molecule has 0 amide bonds. The van der Waals surface area contributed by atoms with Crippen molar-refractivity contribution in [3.8, 4) is 11.5 Å². The van der Waals surface area contributed by atoms with Gasteiger partial charge in [-0.25, -0.2) is 0 Å². The highest BCUT2D eigenvalue weighted by Gasteiger charge is 2.06. The minimum Gasteiger partial charge on any atom is -0.497 e. The van der Waals surface area contributed by atoms with Crippen molar-refractivity contribution >= 4 is 23.3 Å². The van der Waals surface area contributed by atoms with E-state index in [1.165, 1.54) is 11.6 Å². The van der Waals surface area contributed by atoms with Crippen LogP contribution in [0.4, 0.5) is 0 Å². The lowest BCUT2D eigenvalue weighted by Crippen LogP contribution is -2.32. The molecule has 1 atom stereocenters. The van der Waals surface area contributed by atoms with Crippen LogP contribution in [0.5, 0.6) is 11.5 Å². The molecule has 0 saturated heterocycles. The first-order chi connectivity index (χ1) is 13.1. The molecule has 28 heavy (non-hydrogen) atoms. The number of aliphatic hydroxyl groups is 1. The molecule has 3 aromatic rings. The predicted molar refractivity (Wildman–Crippen MR) is 113 cm³/mol. The second-order valence-electron chi connectivity index (χ2n) is 6.34. The number of aromatic nitrogens is 1. The van der Waals surface area contributed by atoms with Gasteiger partial charge in [0.05, 0.1) is 7.11 Å². The molecule has 150 valence electrons. The van der Waals surface area contributed by atoms with Crippen molar-refractivity contribution in [2.45, 2.75) is 12.5 Å². The third-order valence-corrected chi connectivity index (χ3v) is 4.24. The van der Waals surface area contributed by atoms with E-state index in [9.17, 15) is 9.90 Å². The largest absolute Gasteiger partial charge is 0.497 e. The van der Waals surface area contributed by atoms with Gasteiger partial charge in [0.25, 0.3) is 0 Å². The van der Waals surface area contributed by atoms with Gasteiger partial charge in [-0.1, -0.05) is 12.1 Å². The number of methoxy groups -OCH3 is 1. The number of ether oxygens (including phenoxy) is 2. The van der Waals surface area contributed by atoms with Crippen molar-refractivity contribution in [2.75, 3.05) is 26.8 Å². The van der Waals surface area contributed by atoms with Crippen LogP contribution in [-0.2, 0) is 6.42 Å². The summed E-state index contributed by atoms with van der Waals surface area (Å²) in [5.41, 5.74) is 1.81. The van der Waals surface area contributed by atoms with E-state index in [2.05, 4.69) is 16.4 Å². The Hall–Kier alpha value is -2.54. The highest BCUT2D eigenvalue weighted by Crippen LogP contribution is 2.18. The SMILES string of the molecule is COc1cccc(CCNCC(O)COc2ccc3[nH]c(=O)ccc3c2)c1.Cl. The molecular formula is C21H25ClN2O4. The van der Waals surface area contributed by atoms with Crippen LogP contribution >= 0.6 is 12.4 Å². The number of hydrogen-bond acceptors (Lipinski definition) is 5. The van der Waals surface area contributed by atoms with Crippen LogP contribution in [0, 0.1) is 0 Å². The molecule has 3 N–H and O–H groups in total. The Bertz CT molecular complexity index is 945. The Morgan fingerprint density at radius 3 is 2.79 bits per heavy atom. The van der Waals surface area contributed by atoms with Crippen molar-refractivity contribution < 1.29 is 14.6 Å². The van der Waals surface area contributed by atoms with Gasteiger partial charge in [0.15, 0.2) is 0 Å². The normalized spacial score (nSPS) is 11.6. The topological polar surface area (TPSA) is 83.6 Å². The minimum atomic E-state index is -0.610. The Balaban J connectivity index is 0.00000280. The number of aliphatic hydroxyl groups excluding tert-OH is 1. The van der Waals surface area contributed by atoms with Crippen molar-refractivity contribution in [3.05, 3.63) is 70.5 Å². The molecule has 0 aliphatic heterocycles. The number of H-pyrrole nitrogens is 1. The number of fused-ring (bicyclic) bond motifs is 1. The summed E-state index contributed by atoms with van der Waals surface area (Å²) in [6.07, 6.45) is 0.245. The molecule has 0 aliphatic rings. The van der Waals surface area contributed by atoms with Crippen molar-refractivity contribution in [1.82, 2.24) is 10.3 Å². The maximum Gasteiger partial charge on any atom is 0.248 e. The van der Waals surface area contributed by atoms with Crippen LogP contribution < -0.4 is 20.3 Å². The number of benzene rings is 2. The molecule has 2 aromatic carbocycles. The smallest absolute Gasteiger partial charge is 0.248 e. The summed E-state index contributed by atoms with van der Waals surface area (Å²) in [5, 5.41) is 14.2. The third kappa shape index (κ3) is 6.27. The number of nitrogens with one attached hydrogen (secondary N) is 2. The Morgan fingerprint density at radius 1 is 1.11 bits per heavy atom. The lowest BCUT2D eigenvalue weighted by atomic mass is 10.1. The van der Waals surface area contributed by atoms with Crippen molar-refractivity contribution in [1.29, 1.82) is 0 Å². The maximum absolute atomic E-state index is 11.3. The molecule has 0 spiro atoms. The summed E-state index contributed by atoms with van der Waals surface area (Å²) < 4.78 is 10.9. The number of hydrogen-bond donors (Lipinski definition) is 3. The fourth-order valence-electron chi connectivity index (χ4n) is 2.80. The Labute approximate surface area is 169 Å². The van der Waals surface area contributed by atoms with Gasteiger partial charge in [0.2, 0.25) is 5.56 Å². The molecular weight excluding hydrogens is 380 g/mol. The van der Waals surface area contributed by atoms with E-state index in [1.807, 2.05) is 24.3 Å². The van der Waals surface area contributed by atoms with Gasteiger partial charge >= 0.3 is 0 Å². The fourth-order valence-corrected chi connectivity index (χ4v) is 2.80. The van der Waals surface area contributed by atoms with Crippen LogP contribution in [0.25, 0.3) is 10.9 Å². The summed E-state index contributed by atoms with van der Waals surface area (Å²) in [4.78, 5) is 14.1. The minimum absolute atomic E-state index is 0. The van der Waals surface area contributed by atoms with E-state index in [4.69, 9.17) is 9.47 Å². The van der Waals surface area contributed by atoms with Gasteiger partial charge in [-0.15, -0.1) is 12.4 Å². The van der Waals surface area contributed by atoms with Crippen LogP contribution in [-0.4, -0.2) is 43.0 Å². The Morgan fingerprint density at radius 2 is 1.96 bits per heavy atom. The zero-order valence-electron chi connectivity index (χ0n) is 15.7. The molecule has 0 bridgehead atoms. The first-order valence-electron chi connectivity index (χ1n) is 8.91. The first-order valence-corrected chi connectivity index (χ1v) is 8.91. The molecule has 1 heterocycles. The second-order valence-corrected chi connectivity index (χ2v) is 6.34. The van der Waals surface area contributed by atoms with Crippen LogP contribution in [0.3, 0.4) is 0 Å². The van der Waals surface area contributed by atoms with Gasteiger partial charge in [0.1, 0.15) is 24.2 Å². The van der Waals surface area contributed by atoms with E-state index >= 15 is 0 Å². The highest BCUT2D eigenvalue weighted by atomic mass is 35.5. The van der Waals surface area contributed by atoms with Crippen molar-refractivity contribution in [3.63, 3.8) is 0 Å². The van der Waals surface area contributed by atoms with Crippen molar-refractivity contribution in [2.24, 2.45) is 0 Å². The molecule has 0 fully saturated rings. The van der Waals surface area contributed by atoms with Gasteiger partial charge < -0.3 is 24.9 Å². The molecule has 6 nitrogen and oxygen atoms in total. The Kier molecular flexibility index (Phi) is 8.32. The summed E-state index contributed by atoms with van der Waals surface area (Å²) >= 11 is 0. The summed E-state index contributed by atoms with van der Waals surface area (Å²) in [7, 11) is 1.66. The van der Waals surface area contributed by atoms with E-state index in [0.717, 1.165) is 29.6 Å². The lowest BCUT2D eigenvalue weighted by Gasteiger charge is -2.14. The van der Waals surface area contributed by atoms with E-state index in [1.54, 1.807) is 25.3 Å². The third-order valence-electron chi connectivity index (χ3n) is 4.24. The first kappa shape index (κ1) is 21.8. The predicted octanol–water partition coefficient (Wildman–Crippen LogP) is 2.53. The number of rotatable bonds is 9. The van der Waals surface area contributed by atoms with Crippen LogP contribution in [0.1, 0.15) is 5.56 Å². The lowest BCUT2D eigenvalue weighted by molar-refractivity contribution is 0.107. The number of aromatic amines is 1.